The van der Waals surface area contributed by atoms with E-state index in [4.69, 9.17) is 21.9 Å². The van der Waals surface area contributed by atoms with Gasteiger partial charge in [-0.3, -0.25) is 0 Å². The van der Waals surface area contributed by atoms with E-state index in [0.717, 1.165) is 21.8 Å². The lowest BCUT2D eigenvalue weighted by atomic mass is 10.0. The quantitative estimate of drug-likeness (QED) is 0.775. The van der Waals surface area contributed by atoms with Crippen molar-refractivity contribution in [2.24, 2.45) is 0 Å². The molecule has 2 N–H and O–H groups in total. The smallest absolute Gasteiger partial charge is 0.230 e. The Hall–Kier alpha value is -1.85. The predicted molar refractivity (Wildman–Crippen MR) is 77.2 cm³/mol. The minimum absolute atomic E-state index is 0.281. The second-order valence-corrected chi connectivity index (χ2v) is 5.53. The summed E-state index contributed by atoms with van der Waals surface area (Å²) in [5.74, 6) is 0.281. The van der Waals surface area contributed by atoms with Crippen LogP contribution in [0.3, 0.4) is 0 Å². The van der Waals surface area contributed by atoms with Gasteiger partial charge in [-0.1, -0.05) is 28.9 Å². The predicted octanol–water partition coefficient (Wildman–Crippen LogP) is 4.01. The molecule has 0 saturated heterocycles. The molecule has 0 atom stereocenters. The molecule has 0 amide bonds. The van der Waals surface area contributed by atoms with E-state index in [0.29, 0.717) is 10.7 Å². The fraction of sp³-hybridized carbons (Fsp3) is 0.0769. The Balaban J connectivity index is 2.16. The average molecular weight is 292 g/mol. The van der Waals surface area contributed by atoms with E-state index < -0.39 is 0 Å². The van der Waals surface area contributed by atoms with E-state index in [1.807, 2.05) is 24.4 Å². The van der Waals surface area contributed by atoms with Crippen molar-refractivity contribution in [3.05, 3.63) is 39.7 Å². The van der Waals surface area contributed by atoms with Crippen molar-refractivity contribution < 1.29 is 4.52 Å². The highest BCUT2D eigenvalue weighted by molar-refractivity contribution is 7.09. The minimum atomic E-state index is 0.281. The van der Waals surface area contributed by atoms with Gasteiger partial charge in [-0.15, -0.1) is 11.3 Å². The first kappa shape index (κ1) is 12.2. The Morgan fingerprint density at radius 3 is 2.63 bits per heavy atom. The number of benzene rings is 1. The Morgan fingerprint density at radius 1 is 1.26 bits per heavy atom. The molecule has 3 aromatic rings. The van der Waals surface area contributed by atoms with E-state index in [-0.39, 0.29) is 5.88 Å². The summed E-state index contributed by atoms with van der Waals surface area (Å²) in [5.41, 5.74) is 8.96. The van der Waals surface area contributed by atoms with Crippen molar-refractivity contribution in [2.75, 3.05) is 5.73 Å². The van der Waals surface area contributed by atoms with Gasteiger partial charge in [0.15, 0.2) is 0 Å². The molecular weight excluding hydrogens is 282 g/mol. The van der Waals surface area contributed by atoms with Gasteiger partial charge in [-0.05, 0) is 24.6 Å². The van der Waals surface area contributed by atoms with Crippen LogP contribution in [0.1, 0.15) is 5.01 Å². The summed E-state index contributed by atoms with van der Waals surface area (Å²) in [5, 5.41) is 7.59. The second-order valence-electron chi connectivity index (χ2n) is 4.03. The molecular formula is C13H10ClN3OS. The molecule has 1 aromatic carbocycles. The van der Waals surface area contributed by atoms with E-state index in [9.17, 15) is 0 Å². The summed E-state index contributed by atoms with van der Waals surface area (Å²) in [7, 11) is 0. The van der Waals surface area contributed by atoms with Gasteiger partial charge in [0.1, 0.15) is 11.4 Å². The molecule has 0 aliphatic rings. The molecule has 19 heavy (non-hydrogen) atoms. The molecule has 4 nitrogen and oxygen atoms in total. The summed E-state index contributed by atoms with van der Waals surface area (Å²) < 4.78 is 5.10. The van der Waals surface area contributed by atoms with Crippen LogP contribution in [0.2, 0.25) is 5.02 Å². The highest BCUT2D eigenvalue weighted by Gasteiger charge is 2.19. The summed E-state index contributed by atoms with van der Waals surface area (Å²) in [4.78, 5) is 4.41. The van der Waals surface area contributed by atoms with E-state index in [1.165, 1.54) is 0 Å². The largest absolute Gasteiger partial charge is 0.367 e. The number of aromatic nitrogens is 2. The lowest BCUT2D eigenvalue weighted by molar-refractivity contribution is 0.439. The number of hydrogen-bond donors (Lipinski definition) is 1. The fourth-order valence-electron chi connectivity index (χ4n) is 1.85. The lowest BCUT2D eigenvalue weighted by Gasteiger charge is -2.00. The number of aryl methyl sites for hydroxylation is 1. The number of halogens is 1. The third kappa shape index (κ3) is 2.22. The number of nitrogens with two attached hydrogens (primary N) is 1. The Bertz CT molecular complexity index is 718. The van der Waals surface area contributed by atoms with Crippen molar-refractivity contribution in [3.8, 4) is 22.5 Å². The van der Waals surface area contributed by atoms with Crippen LogP contribution in [0, 0.1) is 6.92 Å². The second kappa shape index (κ2) is 4.68. The first-order chi connectivity index (χ1) is 9.15. The molecule has 0 spiro atoms. The number of nitrogen functional groups attached to an aromatic ring is 1. The molecule has 0 unspecified atom stereocenters. The van der Waals surface area contributed by atoms with Crippen LogP contribution >= 0.6 is 22.9 Å². The van der Waals surface area contributed by atoms with Crippen LogP contribution in [0.25, 0.3) is 22.5 Å². The Kier molecular flexibility index (Phi) is 3.00. The van der Waals surface area contributed by atoms with Gasteiger partial charge in [0, 0.05) is 10.4 Å². The zero-order chi connectivity index (χ0) is 13.4. The third-order valence-corrected chi connectivity index (χ3v) is 3.74. The molecule has 0 aliphatic carbocycles. The van der Waals surface area contributed by atoms with Crippen LogP contribution < -0.4 is 5.73 Å². The van der Waals surface area contributed by atoms with Crippen molar-refractivity contribution in [1.29, 1.82) is 0 Å². The van der Waals surface area contributed by atoms with Crippen LogP contribution in [-0.4, -0.2) is 10.1 Å². The summed E-state index contributed by atoms with van der Waals surface area (Å²) in [6, 6.07) is 7.38. The maximum Gasteiger partial charge on any atom is 0.230 e. The van der Waals surface area contributed by atoms with E-state index in [2.05, 4.69) is 10.1 Å². The van der Waals surface area contributed by atoms with Crippen molar-refractivity contribution in [3.63, 3.8) is 0 Å². The molecule has 2 heterocycles. The highest BCUT2D eigenvalue weighted by atomic mass is 35.5. The molecule has 2 aromatic heterocycles. The summed E-state index contributed by atoms with van der Waals surface area (Å²) in [6.45, 7) is 1.94. The van der Waals surface area contributed by atoms with E-state index >= 15 is 0 Å². The number of hydrogen-bond acceptors (Lipinski definition) is 5. The highest BCUT2D eigenvalue weighted by Crippen LogP contribution is 2.36. The Labute approximate surface area is 118 Å². The van der Waals surface area contributed by atoms with Crippen LogP contribution in [-0.2, 0) is 0 Å². The molecule has 0 radical (unpaired) electrons. The van der Waals surface area contributed by atoms with Crippen molar-refractivity contribution >= 4 is 28.8 Å². The van der Waals surface area contributed by atoms with Crippen LogP contribution in [0.15, 0.2) is 34.2 Å². The van der Waals surface area contributed by atoms with Gasteiger partial charge >= 0.3 is 0 Å². The molecule has 0 bridgehead atoms. The van der Waals surface area contributed by atoms with Crippen molar-refractivity contribution in [1.82, 2.24) is 10.1 Å². The summed E-state index contributed by atoms with van der Waals surface area (Å²) >= 11 is 7.45. The molecule has 0 fully saturated rings. The zero-order valence-corrected chi connectivity index (χ0v) is 11.6. The van der Waals surface area contributed by atoms with Gasteiger partial charge < -0.3 is 10.3 Å². The third-order valence-electron chi connectivity index (χ3n) is 2.71. The molecule has 96 valence electrons. The lowest BCUT2D eigenvalue weighted by Crippen LogP contribution is -1.88. The van der Waals surface area contributed by atoms with Gasteiger partial charge in [-0.25, -0.2) is 4.98 Å². The molecule has 0 saturated carbocycles. The van der Waals surface area contributed by atoms with Crippen LogP contribution in [0.5, 0.6) is 0 Å². The average Bonchev–Trinajstić information content (AvgIpc) is 2.97. The SMILES string of the molecule is Cc1nc(-c2noc(N)c2-c2ccc(Cl)cc2)cs1. The van der Waals surface area contributed by atoms with Gasteiger partial charge in [0.25, 0.3) is 0 Å². The minimum Gasteiger partial charge on any atom is -0.367 e. The van der Waals surface area contributed by atoms with Gasteiger partial charge in [0.2, 0.25) is 5.88 Å². The number of rotatable bonds is 2. The molecule has 6 heteroatoms. The monoisotopic (exact) mass is 291 g/mol. The summed E-state index contributed by atoms with van der Waals surface area (Å²) in [6.07, 6.45) is 0. The molecule has 3 rings (SSSR count). The maximum absolute atomic E-state index is 5.89. The first-order valence-electron chi connectivity index (χ1n) is 5.59. The topological polar surface area (TPSA) is 64.9 Å². The number of anilines is 1. The zero-order valence-electron chi connectivity index (χ0n) is 10.1. The fourth-order valence-corrected chi connectivity index (χ4v) is 2.57. The number of nitrogens with zero attached hydrogens (tertiary/aromatic N) is 2. The molecule has 0 aliphatic heterocycles. The normalized spacial score (nSPS) is 10.8. The van der Waals surface area contributed by atoms with E-state index in [1.54, 1.807) is 23.5 Å². The van der Waals surface area contributed by atoms with Gasteiger partial charge in [-0.2, -0.15) is 0 Å². The maximum atomic E-state index is 5.89. The van der Waals surface area contributed by atoms with Crippen molar-refractivity contribution in [2.45, 2.75) is 6.92 Å². The van der Waals surface area contributed by atoms with Crippen LogP contribution in [0.4, 0.5) is 5.88 Å². The van der Waals surface area contributed by atoms with Gasteiger partial charge in [0.05, 0.1) is 10.6 Å². The number of thiazole rings is 1. The standard InChI is InChI=1S/C13H10ClN3OS/c1-7-16-10(6-19-7)12-11(13(15)18-17-12)8-2-4-9(14)5-3-8/h2-6H,15H2,1H3. The Morgan fingerprint density at radius 2 is 2.00 bits per heavy atom. The first-order valence-corrected chi connectivity index (χ1v) is 6.84.